The molecule has 2 saturated heterocycles. The van der Waals surface area contributed by atoms with Crippen molar-refractivity contribution in [3.05, 3.63) is 35.5 Å². The molecule has 9 heteroatoms. The van der Waals surface area contributed by atoms with Crippen LogP contribution in [-0.4, -0.2) is 49.6 Å². The summed E-state index contributed by atoms with van der Waals surface area (Å²) < 4.78 is 0. The number of pyridine rings is 2. The number of aliphatic hydroxyl groups excluding tert-OH is 1. The van der Waals surface area contributed by atoms with Gasteiger partial charge in [0.25, 0.3) is 0 Å². The van der Waals surface area contributed by atoms with Crippen LogP contribution >= 0.6 is 11.3 Å². The number of aliphatic hydroxyl groups is 1. The first-order valence-electron chi connectivity index (χ1n) is 11.2. The van der Waals surface area contributed by atoms with Crippen molar-refractivity contribution in [2.75, 3.05) is 17.2 Å². The number of rotatable bonds is 7. The molecule has 5 rings (SSSR count). The van der Waals surface area contributed by atoms with E-state index in [1.807, 2.05) is 18.2 Å². The van der Waals surface area contributed by atoms with Crippen molar-refractivity contribution < 1.29 is 5.11 Å². The minimum atomic E-state index is -0.541. The molecule has 5 heterocycles. The van der Waals surface area contributed by atoms with Crippen molar-refractivity contribution in [1.82, 2.24) is 19.9 Å². The van der Waals surface area contributed by atoms with Crippen molar-refractivity contribution in [2.45, 2.75) is 63.3 Å². The number of nitrogens with one attached hydrogen (secondary N) is 2. The van der Waals surface area contributed by atoms with Gasteiger partial charge in [-0.1, -0.05) is 11.3 Å². The molecule has 8 nitrogen and oxygen atoms in total. The van der Waals surface area contributed by atoms with Crippen LogP contribution in [0.4, 0.5) is 16.8 Å². The van der Waals surface area contributed by atoms with Crippen LogP contribution in [0.2, 0.25) is 0 Å². The molecule has 0 saturated carbocycles. The SMILES string of the molecule is CC(O)c1cnc(Nc2cc3ncccc3c(N[C@@H]3C[C@H]4CC[C@@H](C3)N4CCC#N)n2)s1. The summed E-state index contributed by atoms with van der Waals surface area (Å²) in [7, 11) is 0. The zero-order chi connectivity index (χ0) is 22.1. The third-order valence-corrected chi connectivity index (χ3v) is 7.56. The van der Waals surface area contributed by atoms with Crippen molar-refractivity contribution >= 4 is 39.0 Å². The summed E-state index contributed by atoms with van der Waals surface area (Å²) in [5, 5.41) is 27.4. The standard InChI is InChI=1S/C23H27N7OS/c1-14(31)20-13-26-23(32-20)29-21-12-19-18(4-2-8-25-19)22(28-21)27-15-10-16-5-6-17(11-15)30(16)9-3-7-24/h2,4,8,12-17,31H,3,5-6,9-11H2,1H3,(H2,26,27,28,29)/t14?,15-,16-,17+. The molecule has 166 valence electrons. The summed E-state index contributed by atoms with van der Waals surface area (Å²) >= 11 is 1.42. The molecule has 2 aliphatic rings. The maximum atomic E-state index is 9.77. The van der Waals surface area contributed by atoms with E-state index in [1.54, 1.807) is 19.3 Å². The second-order valence-electron chi connectivity index (χ2n) is 8.64. The molecule has 3 N–H and O–H groups in total. The van der Waals surface area contributed by atoms with Crippen LogP contribution in [0.1, 0.15) is 50.0 Å². The van der Waals surface area contributed by atoms with Gasteiger partial charge in [-0.15, -0.1) is 0 Å². The van der Waals surface area contributed by atoms with E-state index in [2.05, 4.69) is 31.6 Å². The van der Waals surface area contributed by atoms with Crippen LogP contribution in [0, 0.1) is 11.3 Å². The first kappa shape index (κ1) is 21.1. The topological polar surface area (TPSA) is 110 Å². The molecule has 2 bridgehead atoms. The fourth-order valence-corrected chi connectivity index (χ4v) is 5.79. The number of anilines is 3. The minimum Gasteiger partial charge on any atom is -0.388 e. The Labute approximate surface area is 191 Å². The van der Waals surface area contributed by atoms with E-state index in [0.29, 0.717) is 35.5 Å². The van der Waals surface area contributed by atoms with Gasteiger partial charge >= 0.3 is 0 Å². The van der Waals surface area contributed by atoms with E-state index in [0.717, 1.165) is 41.0 Å². The summed E-state index contributed by atoms with van der Waals surface area (Å²) in [4.78, 5) is 17.1. The number of fused-ring (bicyclic) bond motifs is 3. The van der Waals surface area contributed by atoms with Gasteiger partial charge in [0.2, 0.25) is 0 Å². The van der Waals surface area contributed by atoms with Crippen LogP contribution in [0.15, 0.2) is 30.6 Å². The van der Waals surface area contributed by atoms with Crippen LogP contribution in [0.5, 0.6) is 0 Å². The van der Waals surface area contributed by atoms with Crippen LogP contribution in [0.3, 0.4) is 0 Å². The van der Waals surface area contributed by atoms with Gasteiger partial charge in [-0.2, -0.15) is 5.26 Å². The molecule has 0 amide bonds. The lowest BCUT2D eigenvalue weighted by Gasteiger charge is -2.39. The highest BCUT2D eigenvalue weighted by Gasteiger charge is 2.40. The molecular weight excluding hydrogens is 422 g/mol. The normalized spacial score (nSPS) is 23.7. The molecule has 1 unspecified atom stereocenters. The Morgan fingerprint density at radius 2 is 2.12 bits per heavy atom. The van der Waals surface area contributed by atoms with Gasteiger partial charge < -0.3 is 15.7 Å². The third-order valence-electron chi connectivity index (χ3n) is 6.48. The van der Waals surface area contributed by atoms with E-state index in [9.17, 15) is 5.11 Å². The zero-order valence-electron chi connectivity index (χ0n) is 18.0. The van der Waals surface area contributed by atoms with Crippen LogP contribution in [-0.2, 0) is 0 Å². The third kappa shape index (κ3) is 4.26. The second kappa shape index (κ2) is 8.98. The monoisotopic (exact) mass is 449 g/mol. The zero-order valence-corrected chi connectivity index (χ0v) is 18.8. The highest BCUT2D eigenvalue weighted by molar-refractivity contribution is 7.15. The number of hydrogen-bond acceptors (Lipinski definition) is 9. The van der Waals surface area contributed by atoms with E-state index in [-0.39, 0.29) is 0 Å². The molecule has 2 fully saturated rings. The van der Waals surface area contributed by atoms with E-state index in [4.69, 9.17) is 10.2 Å². The number of nitrogens with zero attached hydrogens (tertiary/aromatic N) is 5. The number of thiazole rings is 1. The molecule has 0 aromatic carbocycles. The minimum absolute atomic E-state index is 0.346. The lowest BCUT2D eigenvalue weighted by Crippen LogP contribution is -2.47. The van der Waals surface area contributed by atoms with Gasteiger partial charge in [0.1, 0.15) is 11.6 Å². The maximum absolute atomic E-state index is 9.77. The highest BCUT2D eigenvalue weighted by atomic mass is 32.1. The average molecular weight is 450 g/mol. The summed E-state index contributed by atoms with van der Waals surface area (Å²) in [6.45, 7) is 2.61. The van der Waals surface area contributed by atoms with E-state index >= 15 is 0 Å². The van der Waals surface area contributed by atoms with Gasteiger partial charge in [0, 0.05) is 54.9 Å². The van der Waals surface area contributed by atoms with Crippen molar-refractivity contribution in [3.8, 4) is 6.07 Å². The van der Waals surface area contributed by atoms with Crippen LogP contribution in [0.25, 0.3) is 10.9 Å². The van der Waals surface area contributed by atoms with Gasteiger partial charge in [-0.25, -0.2) is 9.97 Å². The Kier molecular flexibility index (Phi) is 5.91. The fourth-order valence-electron chi connectivity index (χ4n) is 5.03. The molecule has 0 aliphatic carbocycles. The summed E-state index contributed by atoms with van der Waals surface area (Å²) in [6, 6.07) is 9.63. The Morgan fingerprint density at radius 3 is 2.84 bits per heavy atom. The number of hydrogen-bond donors (Lipinski definition) is 3. The largest absolute Gasteiger partial charge is 0.388 e. The summed E-state index contributed by atoms with van der Waals surface area (Å²) in [5.74, 6) is 1.51. The quantitative estimate of drug-likeness (QED) is 0.492. The smallest absolute Gasteiger partial charge is 0.188 e. The molecule has 32 heavy (non-hydrogen) atoms. The van der Waals surface area contributed by atoms with Gasteiger partial charge in [-0.3, -0.25) is 9.88 Å². The molecule has 4 atom stereocenters. The van der Waals surface area contributed by atoms with E-state index in [1.165, 1.54) is 24.2 Å². The first-order valence-corrected chi connectivity index (χ1v) is 12.0. The average Bonchev–Trinajstić information content (AvgIpc) is 3.34. The lowest BCUT2D eigenvalue weighted by atomic mass is 9.97. The Hall–Kier alpha value is -2.80. The molecule has 0 radical (unpaired) electrons. The number of piperidine rings is 1. The highest BCUT2D eigenvalue weighted by Crippen LogP contribution is 2.37. The van der Waals surface area contributed by atoms with Crippen molar-refractivity contribution in [2.24, 2.45) is 0 Å². The fraction of sp³-hybridized carbons (Fsp3) is 0.478. The molecule has 0 spiro atoms. The van der Waals surface area contributed by atoms with Gasteiger partial charge in [0.05, 0.1) is 22.6 Å². The van der Waals surface area contributed by atoms with Crippen molar-refractivity contribution in [3.63, 3.8) is 0 Å². The van der Waals surface area contributed by atoms with Crippen LogP contribution < -0.4 is 10.6 Å². The molecule has 2 aliphatic heterocycles. The predicted octanol–water partition coefficient (Wildman–Crippen LogP) is 4.20. The number of nitriles is 1. The second-order valence-corrected chi connectivity index (χ2v) is 9.70. The molecule has 3 aromatic rings. The van der Waals surface area contributed by atoms with E-state index < -0.39 is 6.10 Å². The Morgan fingerprint density at radius 1 is 1.31 bits per heavy atom. The van der Waals surface area contributed by atoms with Gasteiger partial charge in [0.15, 0.2) is 5.13 Å². The maximum Gasteiger partial charge on any atom is 0.188 e. The lowest BCUT2D eigenvalue weighted by molar-refractivity contribution is 0.136. The first-order chi connectivity index (χ1) is 15.6. The van der Waals surface area contributed by atoms with Gasteiger partial charge in [-0.05, 0) is 44.7 Å². The van der Waals surface area contributed by atoms with Crippen molar-refractivity contribution in [1.29, 1.82) is 5.26 Å². The number of aromatic nitrogens is 3. The molecule has 3 aromatic heterocycles. The summed E-state index contributed by atoms with van der Waals surface area (Å²) in [6.07, 6.45) is 8.08. The Bertz CT molecular complexity index is 1130. The predicted molar refractivity (Wildman–Crippen MR) is 126 cm³/mol. The molecular formula is C23H27N7OS. The Balaban J connectivity index is 1.37. The summed E-state index contributed by atoms with van der Waals surface area (Å²) in [5.41, 5.74) is 0.870.